The highest BCUT2D eigenvalue weighted by Crippen LogP contribution is 2.30. The first kappa shape index (κ1) is 15.8. The van der Waals surface area contributed by atoms with Gasteiger partial charge in [0.1, 0.15) is 0 Å². The van der Waals surface area contributed by atoms with Crippen molar-refractivity contribution in [1.29, 1.82) is 0 Å². The third kappa shape index (κ3) is 4.43. The molecule has 0 radical (unpaired) electrons. The summed E-state index contributed by atoms with van der Waals surface area (Å²) in [5, 5.41) is 3.50. The van der Waals surface area contributed by atoms with Crippen LogP contribution in [-0.2, 0) is 6.54 Å². The van der Waals surface area contributed by atoms with Crippen LogP contribution in [0.3, 0.4) is 0 Å². The molecule has 108 valence electrons. The smallest absolute Gasteiger partial charge is 0.165 e. The summed E-state index contributed by atoms with van der Waals surface area (Å²) in [6, 6.07) is 5.97. The lowest BCUT2D eigenvalue weighted by Gasteiger charge is -2.27. The summed E-state index contributed by atoms with van der Waals surface area (Å²) in [6.07, 6.45) is 0. The van der Waals surface area contributed by atoms with E-state index in [9.17, 15) is 0 Å². The Morgan fingerprint density at radius 3 is 2.37 bits per heavy atom. The van der Waals surface area contributed by atoms with E-state index in [4.69, 9.17) is 9.47 Å². The Morgan fingerprint density at radius 2 is 1.84 bits per heavy atom. The molecule has 0 aliphatic rings. The van der Waals surface area contributed by atoms with Crippen molar-refractivity contribution in [3.05, 3.63) is 23.8 Å². The average Bonchev–Trinajstić information content (AvgIpc) is 2.37. The third-order valence-electron chi connectivity index (χ3n) is 3.73. The first-order valence-electron chi connectivity index (χ1n) is 6.80. The van der Waals surface area contributed by atoms with Crippen LogP contribution >= 0.6 is 0 Å². The van der Waals surface area contributed by atoms with Crippen LogP contribution in [0.1, 0.15) is 33.3 Å². The fourth-order valence-corrected chi connectivity index (χ4v) is 1.82. The molecule has 0 aliphatic carbocycles. The summed E-state index contributed by atoms with van der Waals surface area (Å²) in [4.78, 5) is 0. The lowest BCUT2D eigenvalue weighted by Crippen LogP contribution is -2.29. The number of rotatable bonds is 6. The van der Waals surface area contributed by atoms with E-state index in [2.05, 4.69) is 39.1 Å². The molecule has 3 nitrogen and oxygen atoms in total. The molecule has 0 heterocycles. The van der Waals surface area contributed by atoms with Gasteiger partial charge in [0.05, 0.1) is 14.2 Å². The average molecular weight is 265 g/mol. The molecule has 3 heteroatoms. The van der Waals surface area contributed by atoms with Gasteiger partial charge >= 0.3 is 0 Å². The lowest BCUT2D eigenvalue weighted by atomic mass is 9.82. The molecule has 0 bridgehead atoms. The second kappa shape index (κ2) is 6.80. The Bertz CT molecular complexity index is 396. The van der Waals surface area contributed by atoms with E-state index in [0.717, 1.165) is 30.2 Å². The summed E-state index contributed by atoms with van der Waals surface area (Å²) < 4.78 is 10.7. The van der Waals surface area contributed by atoms with Crippen LogP contribution in [-0.4, -0.2) is 20.8 Å². The van der Waals surface area contributed by atoms with Gasteiger partial charge in [-0.15, -0.1) is 0 Å². The maximum Gasteiger partial charge on any atom is 0.165 e. The van der Waals surface area contributed by atoms with Crippen LogP contribution in [0.5, 0.6) is 11.5 Å². The SMILES string of the molecule is COc1cccc(CNCC(C)C(C)(C)C)c1OC. The van der Waals surface area contributed by atoms with Gasteiger partial charge in [-0.1, -0.05) is 39.8 Å². The van der Waals surface area contributed by atoms with Crippen LogP contribution in [0.4, 0.5) is 0 Å². The van der Waals surface area contributed by atoms with E-state index >= 15 is 0 Å². The molecule has 0 aliphatic heterocycles. The molecule has 1 rings (SSSR count). The highest BCUT2D eigenvalue weighted by molar-refractivity contribution is 5.46. The number of nitrogens with one attached hydrogen (secondary N) is 1. The van der Waals surface area contributed by atoms with Gasteiger partial charge < -0.3 is 14.8 Å². The summed E-state index contributed by atoms with van der Waals surface area (Å²) in [7, 11) is 3.34. The first-order chi connectivity index (χ1) is 8.90. The van der Waals surface area contributed by atoms with Crippen molar-refractivity contribution < 1.29 is 9.47 Å². The quantitative estimate of drug-likeness (QED) is 0.854. The van der Waals surface area contributed by atoms with Gasteiger partial charge in [-0.05, 0) is 23.9 Å². The summed E-state index contributed by atoms with van der Waals surface area (Å²) in [6.45, 7) is 10.9. The highest BCUT2D eigenvalue weighted by Gasteiger charge is 2.19. The minimum absolute atomic E-state index is 0.325. The molecule has 0 spiro atoms. The second-order valence-electron chi connectivity index (χ2n) is 6.05. The Labute approximate surface area is 117 Å². The van der Waals surface area contributed by atoms with Crippen LogP contribution in [0.25, 0.3) is 0 Å². The Hall–Kier alpha value is -1.22. The zero-order chi connectivity index (χ0) is 14.5. The summed E-state index contributed by atoms with van der Waals surface area (Å²) >= 11 is 0. The maximum absolute atomic E-state index is 5.43. The van der Waals surface area contributed by atoms with Crippen LogP contribution < -0.4 is 14.8 Å². The van der Waals surface area contributed by atoms with Gasteiger partial charge in [-0.25, -0.2) is 0 Å². The van der Waals surface area contributed by atoms with E-state index in [1.54, 1.807) is 14.2 Å². The summed E-state index contributed by atoms with van der Waals surface area (Å²) in [5.41, 5.74) is 1.45. The summed E-state index contributed by atoms with van der Waals surface area (Å²) in [5.74, 6) is 2.22. The Balaban J connectivity index is 2.63. The monoisotopic (exact) mass is 265 g/mol. The normalized spacial score (nSPS) is 13.2. The van der Waals surface area contributed by atoms with Gasteiger partial charge in [0, 0.05) is 12.1 Å². The predicted molar refractivity (Wildman–Crippen MR) is 79.9 cm³/mol. The molecule has 0 amide bonds. The van der Waals surface area contributed by atoms with Crippen LogP contribution in [0, 0.1) is 11.3 Å². The van der Waals surface area contributed by atoms with Gasteiger partial charge in [0.15, 0.2) is 11.5 Å². The van der Waals surface area contributed by atoms with Gasteiger partial charge in [-0.3, -0.25) is 0 Å². The molecule has 1 aromatic rings. The number of benzene rings is 1. The topological polar surface area (TPSA) is 30.5 Å². The molecule has 0 saturated carbocycles. The minimum atomic E-state index is 0.325. The van der Waals surface area contributed by atoms with Crippen LogP contribution in [0.2, 0.25) is 0 Å². The van der Waals surface area contributed by atoms with Crippen molar-refractivity contribution in [2.24, 2.45) is 11.3 Å². The van der Waals surface area contributed by atoms with E-state index in [1.807, 2.05) is 12.1 Å². The third-order valence-corrected chi connectivity index (χ3v) is 3.73. The van der Waals surface area contributed by atoms with Crippen molar-refractivity contribution in [2.45, 2.75) is 34.2 Å². The molecule has 0 aromatic heterocycles. The van der Waals surface area contributed by atoms with Gasteiger partial charge in [-0.2, -0.15) is 0 Å². The Morgan fingerprint density at radius 1 is 1.16 bits per heavy atom. The van der Waals surface area contributed by atoms with Crippen molar-refractivity contribution in [3.8, 4) is 11.5 Å². The van der Waals surface area contributed by atoms with E-state index in [1.165, 1.54) is 0 Å². The molecule has 1 N–H and O–H groups in total. The zero-order valence-electron chi connectivity index (χ0n) is 13.0. The van der Waals surface area contributed by atoms with E-state index in [0.29, 0.717) is 11.3 Å². The fraction of sp³-hybridized carbons (Fsp3) is 0.625. The molecule has 0 fully saturated rings. The number of hydrogen-bond acceptors (Lipinski definition) is 3. The number of hydrogen-bond donors (Lipinski definition) is 1. The molecular formula is C16H27NO2. The van der Waals surface area contributed by atoms with Crippen molar-refractivity contribution >= 4 is 0 Å². The van der Waals surface area contributed by atoms with Crippen LogP contribution in [0.15, 0.2) is 18.2 Å². The molecule has 0 saturated heterocycles. The molecule has 1 unspecified atom stereocenters. The maximum atomic E-state index is 5.43. The fourth-order valence-electron chi connectivity index (χ4n) is 1.82. The largest absolute Gasteiger partial charge is 0.493 e. The van der Waals surface area contributed by atoms with Crippen molar-refractivity contribution in [1.82, 2.24) is 5.32 Å². The Kier molecular flexibility index (Phi) is 5.67. The van der Waals surface area contributed by atoms with E-state index in [-0.39, 0.29) is 0 Å². The predicted octanol–water partition coefficient (Wildman–Crippen LogP) is 3.48. The molecule has 1 atom stereocenters. The minimum Gasteiger partial charge on any atom is -0.493 e. The van der Waals surface area contributed by atoms with Crippen molar-refractivity contribution in [3.63, 3.8) is 0 Å². The molecule has 19 heavy (non-hydrogen) atoms. The first-order valence-corrected chi connectivity index (χ1v) is 6.80. The molecular weight excluding hydrogens is 238 g/mol. The number of ether oxygens (including phenoxy) is 2. The van der Waals surface area contributed by atoms with Crippen molar-refractivity contribution in [2.75, 3.05) is 20.8 Å². The highest BCUT2D eigenvalue weighted by atomic mass is 16.5. The number of methoxy groups -OCH3 is 2. The molecule has 1 aromatic carbocycles. The van der Waals surface area contributed by atoms with Gasteiger partial charge in [0.25, 0.3) is 0 Å². The van der Waals surface area contributed by atoms with Gasteiger partial charge in [0.2, 0.25) is 0 Å². The standard InChI is InChI=1S/C16H27NO2/c1-12(16(2,3)4)10-17-11-13-8-7-9-14(18-5)15(13)19-6/h7-9,12,17H,10-11H2,1-6H3. The van der Waals surface area contributed by atoms with E-state index < -0.39 is 0 Å². The zero-order valence-corrected chi connectivity index (χ0v) is 13.0. The number of para-hydroxylation sites is 1. The second-order valence-corrected chi connectivity index (χ2v) is 6.05. The lowest BCUT2D eigenvalue weighted by molar-refractivity contribution is 0.252.